The van der Waals surface area contributed by atoms with Crippen molar-refractivity contribution in [3.63, 3.8) is 0 Å². The van der Waals surface area contributed by atoms with E-state index in [9.17, 15) is 18.0 Å². The number of hydrogen-bond acceptors (Lipinski definition) is 5. The summed E-state index contributed by atoms with van der Waals surface area (Å²) in [6.07, 6.45) is 1.16. The average Bonchev–Trinajstić information content (AvgIpc) is 2.31. The van der Waals surface area contributed by atoms with Gasteiger partial charge in [0.05, 0.1) is 18.7 Å². The highest BCUT2D eigenvalue weighted by molar-refractivity contribution is 7.88. The number of amides is 1. The number of rotatable bonds is 4. The summed E-state index contributed by atoms with van der Waals surface area (Å²) in [6, 6.07) is 0. The maximum Gasteiger partial charge on any atom is 0.309 e. The zero-order valence-corrected chi connectivity index (χ0v) is 12.2. The molecule has 2 saturated heterocycles. The molecule has 0 unspecified atom stereocenters. The van der Waals surface area contributed by atoms with Crippen LogP contribution >= 0.6 is 0 Å². The van der Waals surface area contributed by atoms with Crippen LogP contribution in [-0.2, 0) is 19.6 Å². The lowest BCUT2D eigenvalue weighted by atomic mass is 10.0. The predicted octanol–water partition coefficient (Wildman–Crippen LogP) is -1.89. The highest BCUT2D eigenvalue weighted by Gasteiger charge is 2.35. The van der Waals surface area contributed by atoms with Crippen LogP contribution < -0.4 is 0 Å². The Morgan fingerprint density at radius 2 is 1.70 bits per heavy atom. The van der Waals surface area contributed by atoms with Gasteiger partial charge in [0, 0.05) is 39.3 Å². The van der Waals surface area contributed by atoms with Gasteiger partial charge in [0.1, 0.15) is 0 Å². The third-order valence-corrected chi connectivity index (χ3v) is 5.03. The Balaban J connectivity index is 1.75. The van der Waals surface area contributed by atoms with E-state index in [1.54, 1.807) is 9.80 Å². The van der Waals surface area contributed by atoms with Crippen LogP contribution in [0.5, 0.6) is 0 Å². The van der Waals surface area contributed by atoms with Gasteiger partial charge in [-0.3, -0.25) is 14.5 Å². The van der Waals surface area contributed by atoms with Crippen LogP contribution in [-0.4, -0.2) is 91.6 Å². The normalized spacial score (nSPS) is 22.6. The molecular weight excluding hydrogens is 286 g/mol. The number of carboxylic acid groups (broad SMARTS) is 1. The van der Waals surface area contributed by atoms with Crippen molar-refractivity contribution in [1.82, 2.24) is 14.1 Å². The zero-order chi connectivity index (χ0) is 14.9. The zero-order valence-electron chi connectivity index (χ0n) is 11.4. The summed E-state index contributed by atoms with van der Waals surface area (Å²) in [5.41, 5.74) is 0. The molecule has 20 heavy (non-hydrogen) atoms. The Bertz CT molecular complexity index is 492. The van der Waals surface area contributed by atoms with Gasteiger partial charge in [-0.15, -0.1) is 0 Å². The first-order chi connectivity index (χ1) is 9.27. The minimum atomic E-state index is -3.19. The van der Waals surface area contributed by atoms with Crippen molar-refractivity contribution in [1.29, 1.82) is 0 Å². The Kier molecular flexibility index (Phi) is 4.31. The first-order valence-corrected chi connectivity index (χ1v) is 8.30. The molecule has 2 aliphatic heterocycles. The maximum absolute atomic E-state index is 12.0. The molecule has 114 valence electrons. The highest BCUT2D eigenvalue weighted by atomic mass is 32.2. The molecule has 8 nitrogen and oxygen atoms in total. The molecular formula is C11H19N3O5S. The van der Waals surface area contributed by atoms with E-state index >= 15 is 0 Å². The molecule has 0 atom stereocenters. The fraction of sp³-hybridized carbons (Fsp3) is 0.818. The number of carbonyl (C=O) groups is 2. The summed E-state index contributed by atoms with van der Waals surface area (Å²) >= 11 is 0. The van der Waals surface area contributed by atoms with Gasteiger partial charge in [0.15, 0.2) is 0 Å². The lowest BCUT2D eigenvalue weighted by Gasteiger charge is -2.39. The number of carbonyl (C=O) groups excluding carboxylic acids is 1. The number of likely N-dealkylation sites (tertiary alicyclic amines) is 1. The SMILES string of the molecule is CS(=O)(=O)N1CCN(C(=O)CN2CC(C(=O)O)C2)CC1. The van der Waals surface area contributed by atoms with Crippen molar-refractivity contribution in [3.8, 4) is 0 Å². The highest BCUT2D eigenvalue weighted by Crippen LogP contribution is 2.15. The fourth-order valence-corrected chi connectivity index (χ4v) is 3.24. The van der Waals surface area contributed by atoms with Gasteiger partial charge in [-0.05, 0) is 0 Å². The van der Waals surface area contributed by atoms with Gasteiger partial charge in [0.2, 0.25) is 15.9 Å². The van der Waals surface area contributed by atoms with Crippen LogP contribution in [0.2, 0.25) is 0 Å². The number of piperazine rings is 1. The van der Waals surface area contributed by atoms with Crippen molar-refractivity contribution < 1.29 is 23.1 Å². The van der Waals surface area contributed by atoms with E-state index < -0.39 is 16.0 Å². The molecule has 2 heterocycles. The molecule has 2 rings (SSSR count). The molecule has 0 aromatic rings. The smallest absolute Gasteiger partial charge is 0.309 e. The lowest BCUT2D eigenvalue weighted by Crippen LogP contribution is -2.56. The van der Waals surface area contributed by atoms with E-state index in [0.29, 0.717) is 39.3 Å². The van der Waals surface area contributed by atoms with Crippen LogP contribution in [0.15, 0.2) is 0 Å². The minimum absolute atomic E-state index is 0.0676. The predicted molar refractivity (Wildman–Crippen MR) is 70.6 cm³/mol. The van der Waals surface area contributed by atoms with Crippen molar-refractivity contribution in [2.75, 3.05) is 52.1 Å². The van der Waals surface area contributed by atoms with Crippen molar-refractivity contribution in [2.45, 2.75) is 0 Å². The molecule has 0 saturated carbocycles. The minimum Gasteiger partial charge on any atom is -0.481 e. The van der Waals surface area contributed by atoms with E-state index in [2.05, 4.69) is 0 Å². The van der Waals surface area contributed by atoms with E-state index in [1.165, 1.54) is 4.31 Å². The Labute approximate surface area is 118 Å². The standard InChI is InChI=1S/C11H19N3O5S/c1-20(18,19)14-4-2-13(3-5-14)10(15)8-12-6-9(7-12)11(16)17/h9H,2-8H2,1H3,(H,16,17). The van der Waals surface area contributed by atoms with E-state index in [4.69, 9.17) is 5.11 Å². The first kappa shape index (κ1) is 15.2. The summed E-state index contributed by atoms with van der Waals surface area (Å²) in [5, 5.41) is 8.75. The molecule has 0 radical (unpaired) electrons. The van der Waals surface area contributed by atoms with Gasteiger partial charge in [-0.25, -0.2) is 8.42 Å². The molecule has 1 N–H and O–H groups in total. The average molecular weight is 305 g/mol. The Morgan fingerprint density at radius 1 is 1.15 bits per heavy atom. The number of hydrogen-bond donors (Lipinski definition) is 1. The topological polar surface area (TPSA) is 98.2 Å². The molecule has 1 amide bonds. The molecule has 0 spiro atoms. The fourth-order valence-electron chi connectivity index (χ4n) is 2.42. The van der Waals surface area contributed by atoms with Gasteiger partial charge in [-0.2, -0.15) is 4.31 Å². The van der Waals surface area contributed by atoms with Crippen molar-refractivity contribution in [3.05, 3.63) is 0 Å². The van der Waals surface area contributed by atoms with Crippen molar-refractivity contribution >= 4 is 21.9 Å². The largest absolute Gasteiger partial charge is 0.481 e. The summed E-state index contributed by atoms with van der Waals surface area (Å²) in [5.74, 6) is -1.26. The third kappa shape index (κ3) is 3.47. The molecule has 0 aliphatic carbocycles. The maximum atomic E-state index is 12.0. The molecule has 0 aromatic carbocycles. The first-order valence-electron chi connectivity index (χ1n) is 6.45. The summed E-state index contributed by atoms with van der Waals surface area (Å²) in [7, 11) is -3.19. The molecule has 2 aliphatic rings. The molecule has 0 aromatic heterocycles. The summed E-state index contributed by atoms with van der Waals surface area (Å²) in [4.78, 5) is 26.1. The van der Waals surface area contributed by atoms with Gasteiger partial charge >= 0.3 is 5.97 Å². The van der Waals surface area contributed by atoms with Gasteiger partial charge in [-0.1, -0.05) is 0 Å². The number of nitrogens with zero attached hydrogens (tertiary/aromatic N) is 3. The summed E-state index contributed by atoms with van der Waals surface area (Å²) < 4.78 is 24.1. The molecule has 9 heteroatoms. The van der Waals surface area contributed by atoms with Crippen LogP contribution in [0, 0.1) is 5.92 Å². The molecule has 2 fully saturated rings. The van der Waals surface area contributed by atoms with Crippen LogP contribution in [0.4, 0.5) is 0 Å². The Hall–Kier alpha value is -1.19. The quantitative estimate of drug-likeness (QED) is 0.652. The van der Waals surface area contributed by atoms with Crippen LogP contribution in [0.25, 0.3) is 0 Å². The second-order valence-electron chi connectivity index (χ2n) is 5.27. The van der Waals surface area contributed by atoms with E-state index in [0.717, 1.165) is 6.26 Å². The number of sulfonamides is 1. The lowest BCUT2D eigenvalue weighted by molar-refractivity contribution is -0.150. The monoisotopic (exact) mass is 305 g/mol. The number of carboxylic acids is 1. The Morgan fingerprint density at radius 3 is 2.15 bits per heavy atom. The third-order valence-electron chi connectivity index (χ3n) is 3.73. The van der Waals surface area contributed by atoms with Gasteiger partial charge < -0.3 is 10.0 Å². The molecule has 0 bridgehead atoms. The van der Waals surface area contributed by atoms with Crippen LogP contribution in [0.3, 0.4) is 0 Å². The van der Waals surface area contributed by atoms with Gasteiger partial charge in [0.25, 0.3) is 0 Å². The van der Waals surface area contributed by atoms with E-state index in [1.807, 2.05) is 0 Å². The summed E-state index contributed by atoms with van der Waals surface area (Å²) in [6.45, 7) is 2.45. The second kappa shape index (κ2) is 5.66. The number of aliphatic carboxylic acids is 1. The van der Waals surface area contributed by atoms with Crippen molar-refractivity contribution in [2.24, 2.45) is 5.92 Å². The van der Waals surface area contributed by atoms with E-state index in [-0.39, 0.29) is 18.4 Å². The second-order valence-corrected chi connectivity index (χ2v) is 7.25. The van der Waals surface area contributed by atoms with Crippen LogP contribution in [0.1, 0.15) is 0 Å².